The minimum Gasteiger partial charge on any atom is -0.513 e. The molecule has 4 aliphatic carbocycles. The number of benzene rings is 5. The molecule has 13 heteroatoms. The average Bonchev–Trinajstić information content (AvgIpc) is 1.61. The van der Waals surface area contributed by atoms with Crippen LogP contribution in [0.4, 0.5) is 0 Å². The summed E-state index contributed by atoms with van der Waals surface area (Å²) in [6.45, 7) is 83.4. The first kappa shape index (κ1) is 112. The molecule has 0 amide bonds. The number of unbranched alkanes of at least 4 members (excludes halogenated alkanes) is 1. The van der Waals surface area contributed by atoms with E-state index in [9.17, 15) is 33.9 Å². The third-order valence-electron chi connectivity index (χ3n) is 25.9. The van der Waals surface area contributed by atoms with Crippen LogP contribution in [-0.2, 0) is 38.7 Å². The zero-order chi connectivity index (χ0) is 94.2. The van der Waals surface area contributed by atoms with Crippen LogP contribution >= 0.6 is 0 Å². The standard InChI is InChI=1S/C19H18O3.C11H16O2.C11H10O2.C10H18O.C10H12O.C9H12O2.C8H16.C8H10.C6H10O2.C5H12.C5H10.C4H10.C4H8/c1-11-5-6-13(9-12(11)2)19(3,4)14-7-8-15-16(10-14)18(21)22-17(15)20;2*1-6-4-9-8(3)13-11(12)10(9)5-7(6)2;2*1-7-4-5-10(9(3)11)6-8(7)2;1-4-5(2)8-7(4)6(3)11-9(8)10;2*1-7-5-3-4-6-8(7)2;1-3-5(2)4-6(7)8;2*1-4-5(2)3;2*1-3-4-2/h5-10H,1-4H3;6-7,9-10H,3-5H2,1-2H3;4-5H,3H2,1-2H3;7-8,10-11H,3-6H2,1-2H3;4-6,11H,3H2,1-2H3;4-5,7-8H,3H2,1-2H3;7-8H,3-6H2,1-2H3;3-6H,1-2H3;3H,4H2,1-2H3,(H,7,8);5H,4H2,1-3H3;2,4H2,1,3H3;3-4H2,1-2H3;3-4H,1-2H3. The number of esters is 5. The van der Waals surface area contributed by atoms with Crippen molar-refractivity contribution in [3.63, 3.8) is 0 Å². The second-order valence-corrected chi connectivity index (χ2v) is 36.3. The third kappa shape index (κ3) is 37.2. The van der Waals surface area contributed by atoms with Crippen molar-refractivity contribution >= 4 is 47.3 Å². The predicted octanol–water partition coefficient (Wildman–Crippen LogP) is 30.3. The molecule has 4 heterocycles. The Morgan fingerprint density at radius 3 is 1.31 bits per heavy atom. The fourth-order valence-electron chi connectivity index (χ4n) is 14.3. The van der Waals surface area contributed by atoms with Gasteiger partial charge in [0.2, 0.25) is 0 Å². The van der Waals surface area contributed by atoms with Crippen LogP contribution in [0.5, 0.6) is 0 Å². The van der Waals surface area contributed by atoms with Crippen LogP contribution in [0.1, 0.15) is 333 Å². The van der Waals surface area contributed by atoms with Gasteiger partial charge in [0.25, 0.3) is 0 Å². The maximum absolute atomic E-state index is 11.7. The first-order chi connectivity index (χ1) is 57.5. The number of hydrogen-bond donors (Lipinski definition) is 3. The molecule has 13 unspecified atom stereocenters. The molecule has 3 N–H and O–H groups in total. The second kappa shape index (κ2) is 55.8. The second-order valence-electron chi connectivity index (χ2n) is 36.3. The van der Waals surface area contributed by atoms with Crippen molar-refractivity contribution in [1.82, 2.24) is 0 Å². The van der Waals surface area contributed by atoms with Crippen molar-refractivity contribution in [3.05, 3.63) is 261 Å². The first-order valence-corrected chi connectivity index (χ1v) is 45.2. The number of carboxylic acid groups (broad SMARTS) is 1. The van der Waals surface area contributed by atoms with Gasteiger partial charge in [0.1, 0.15) is 23.0 Å². The molecule has 13 nitrogen and oxygen atoms in total. The molecule has 5 aromatic carbocycles. The summed E-state index contributed by atoms with van der Waals surface area (Å²) >= 11 is 0. The number of ether oxygens (including phenoxy) is 4. The van der Waals surface area contributed by atoms with Gasteiger partial charge in [-0.3, -0.25) is 14.4 Å². The molecular weight excluding hydrogens is 1530 g/mol. The number of fused-ring (bicyclic) bond motifs is 4. The molecule has 2 saturated heterocycles. The molecule has 8 aliphatic rings. The van der Waals surface area contributed by atoms with Gasteiger partial charge in [-0.15, -0.1) is 6.58 Å². The lowest BCUT2D eigenvalue weighted by atomic mass is 9.59. The summed E-state index contributed by atoms with van der Waals surface area (Å²) in [5.41, 5.74) is 16.9. The third-order valence-corrected chi connectivity index (χ3v) is 25.9. The average molecular weight is 1690 g/mol. The van der Waals surface area contributed by atoms with Crippen molar-refractivity contribution in [2.45, 2.75) is 296 Å². The number of aliphatic hydroxyl groups is 2. The summed E-state index contributed by atoms with van der Waals surface area (Å²) < 4.78 is 19.6. The van der Waals surface area contributed by atoms with E-state index in [1.807, 2.05) is 104 Å². The summed E-state index contributed by atoms with van der Waals surface area (Å²) in [6, 6.07) is 29.7. The lowest BCUT2D eigenvalue weighted by Gasteiger charge is -2.41. The number of carboxylic acids is 1. The fourth-order valence-corrected chi connectivity index (χ4v) is 14.3. The van der Waals surface area contributed by atoms with E-state index < -0.39 is 17.9 Å². The zero-order valence-corrected chi connectivity index (χ0v) is 81.5. The van der Waals surface area contributed by atoms with Crippen LogP contribution < -0.4 is 0 Å². The Labute approximate surface area is 745 Å². The number of cyclic esters (lactones) is 5. The van der Waals surface area contributed by atoms with E-state index in [-0.39, 0.29) is 47.3 Å². The molecule has 0 radical (unpaired) electrons. The Morgan fingerprint density at radius 1 is 0.480 bits per heavy atom. The van der Waals surface area contributed by atoms with Gasteiger partial charge in [0, 0.05) is 34.3 Å². The summed E-state index contributed by atoms with van der Waals surface area (Å²) in [5, 5.41) is 26.4. The highest BCUT2D eigenvalue weighted by Gasteiger charge is 2.56. The number of aliphatic carboxylic acids is 1. The molecular formula is C110H162O13. The molecule has 680 valence electrons. The lowest BCUT2D eigenvalue weighted by Crippen LogP contribution is -2.43. The molecule has 0 spiro atoms. The van der Waals surface area contributed by atoms with E-state index in [0.717, 1.165) is 95.1 Å². The maximum Gasteiger partial charge on any atom is 0.346 e. The number of rotatable bonds is 9. The van der Waals surface area contributed by atoms with Gasteiger partial charge in [-0.2, -0.15) is 0 Å². The van der Waals surface area contributed by atoms with E-state index in [1.54, 1.807) is 25.1 Å². The Morgan fingerprint density at radius 2 is 0.894 bits per heavy atom. The molecule has 123 heavy (non-hydrogen) atoms. The van der Waals surface area contributed by atoms with Crippen molar-refractivity contribution in [2.24, 2.45) is 82.9 Å². The molecule has 13 atom stereocenters. The summed E-state index contributed by atoms with van der Waals surface area (Å²) in [7, 11) is 0. The van der Waals surface area contributed by atoms with E-state index in [0.29, 0.717) is 81.2 Å². The van der Waals surface area contributed by atoms with Gasteiger partial charge in [-0.1, -0.05) is 279 Å². The summed E-state index contributed by atoms with van der Waals surface area (Å²) in [6.07, 6.45) is 22.5. The smallest absolute Gasteiger partial charge is 0.346 e. The first-order valence-electron chi connectivity index (χ1n) is 45.2. The van der Waals surface area contributed by atoms with E-state index in [4.69, 9.17) is 24.4 Å². The van der Waals surface area contributed by atoms with Gasteiger partial charge in [0.15, 0.2) is 0 Å². The Balaban J connectivity index is 0.000000685. The largest absolute Gasteiger partial charge is 0.513 e. The van der Waals surface area contributed by atoms with Crippen molar-refractivity contribution in [1.29, 1.82) is 0 Å². The van der Waals surface area contributed by atoms with Crippen molar-refractivity contribution < 1.29 is 63.0 Å². The summed E-state index contributed by atoms with van der Waals surface area (Å²) in [5.74, 6) is 8.16. The van der Waals surface area contributed by atoms with Gasteiger partial charge in [-0.05, 0) is 268 Å². The van der Waals surface area contributed by atoms with Crippen LogP contribution in [0.25, 0.3) is 11.5 Å². The van der Waals surface area contributed by atoms with E-state index in [1.165, 1.54) is 95.9 Å². The van der Waals surface area contributed by atoms with Gasteiger partial charge in [-0.25, -0.2) is 14.4 Å². The van der Waals surface area contributed by atoms with Crippen LogP contribution in [-0.4, -0.2) is 51.1 Å². The quantitative estimate of drug-likeness (QED) is 0.0414. The number of carbonyl (C=O) groups is 6. The Bertz CT molecular complexity index is 4230. The number of hydrogen-bond acceptors (Lipinski definition) is 12. The Hall–Kier alpha value is -9.36. The summed E-state index contributed by atoms with van der Waals surface area (Å²) in [4.78, 5) is 67.0. The fraction of sp³-hybridized carbons (Fsp3) is 0.527. The van der Waals surface area contributed by atoms with Crippen LogP contribution in [0.3, 0.4) is 0 Å². The highest BCUT2D eigenvalue weighted by molar-refractivity contribution is 6.14. The predicted molar refractivity (Wildman–Crippen MR) is 516 cm³/mol. The molecule has 0 bridgehead atoms. The minimum absolute atomic E-state index is 0.0475. The van der Waals surface area contributed by atoms with Crippen molar-refractivity contribution in [2.75, 3.05) is 0 Å². The maximum atomic E-state index is 11.7. The number of carbonyl (C=O) groups excluding carboxylic acids is 5. The molecule has 5 aromatic rings. The van der Waals surface area contributed by atoms with E-state index in [2.05, 4.69) is 225 Å². The zero-order valence-electron chi connectivity index (χ0n) is 81.5. The van der Waals surface area contributed by atoms with Crippen LogP contribution in [0.2, 0.25) is 0 Å². The molecule has 0 aromatic heterocycles. The lowest BCUT2D eigenvalue weighted by molar-refractivity contribution is -0.144. The molecule has 6 fully saturated rings. The number of aliphatic hydroxyl groups excluding tert-OH is 2. The monoisotopic (exact) mass is 1690 g/mol. The van der Waals surface area contributed by atoms with Gasteiger partial charge >= 0.3 is 35.8 Å². The minimum atomic E-state index is -0.763. The number of allylic oxidation sites excluding steroid dienone is 7. The Kier molecular flexibility index (Phi) is 50.6. The van der Waals surface area contributed by atoms with Crippen molar-refractivity contribution in [3.8, 4) is 0 Å². The topological polar surface area (TPSA) is 200 Å². The molecule has 4 saturated carbocycles. The van der Waals surface area contributed by atoms with E-state index >= 15 is 0 Å². The number of aryl methyl sites for hydroxylation is 8. The highest BCUT2D eigenvalue weighted by atomic mass is 16.6. The molecule has 4 aliphatic heterocycles. The van der Waals surface area contributed by atoms with Crippen LogP contribution in [0.15, 0.2) is 177 Å². The van der Waals surface area contributed by atoms with Gasteiger partial charge in [0.05, 0.1) is 40.7 Å². The van der Waals surface area contributed by atoms with Gasteiger partial charge < -0.3 is 34.3 Å². The SMILES string of the molecule is C=C(C)CC.C=C(O)C1CCC(C)C(C)C1.C=C(O)c1ccc(C)c(C)c1.C=C1OC(=O)C2C(C)C(C)C12.C=C1OC(=O)C2CC(C)C(C)CC12.C=C1OC(=O)c2cc(C)c(C)cc21.CC1CCCCC1C.CC=C(C)CC(=O)O.CC=CC.CCC(C)C.CCCC.Cc1ccc(C(C)(C)c2ccc3c(c2)C(=O)OC3=O)cc1C.Cc1ccccc1C. The highest BCUT2D eigenvalue weighted by Crippen LogP contribution is 2.54. The normalized spacial score (nSPS) is 22.5. The van der Waals surface area contributed by atoms with Crippen LogP contribution in [0, 0.1) is 138 Å². The molecule has 13 rings (SSSR count).